The number of nitrogens with zero attached hydrogens (tertiary/aromatic N) is 4. The van der Waals surface area contributed by atoms with Crippen LogP contribution in [0.2, 0.25) is 0 Å². The van der Waals surface area contributed by atoms with E-state index in [0.29, 0.717) is 38.5 Å². The molecule has 0 radical (unpaired) electrons. The summed E-state index contributed by atoms with van der Waals surface area (Å²) in [5.74, 6) is 1.25. The number of pyridine rings is 1. The van der Waals surface area contributed by atoms with Crippen molar-refractivity contribution in [2.45, 2.75) is 19.1 Å². The smallest absolute Gasteiger partial charge is 0.417 e. The van der Waals surface area contributed by atoms with Crippen LogP contribution in [0.5, 0.6) is 0 Å². The van der Waals surface area contributed by atoms with E-state index in [2.05, 4.69) is 9.88 Å². The van der Waals surface area contributed by atoms with Gasteiger partial charge in [-0.15, -0.1) is 0 Å². The zero-order valence-electron chi connectivity index (χ0n) is 15.7. The van der Waals surface area contributed by atoms with Crippen molar-refractivity contribution in [2.75, 3.05) is 44.7 Å². The number of anilines is 1. The average molecular weight is 396 g/mol. The highest BCUT2D eigenvalue weighted by molar-refractivity contribution is 5.77. The molecule has 1 saturated heterocycles. The van der Waals surface area contributed by atoms with Gasteiger partial charge in [0.05, 0.1) is 24.9 Å². The highest BCUT2D eigenvalue weighted by atomic mass is 19.4. The monoisotopic (exact) mass is 396 g/mol. The first-order valence-electron chi connectivity index (χ1n) is 9.10. The van der Waals surface area contributed by atoms with E-state index in [4.69, 9.17) is 4.42 Å². The van der Waals surface area contributed by atoms with Gasteiger partial charge in [0.25, 0.3) is 0 Å². The van der Waals surface area contributed by atoms with Crippen LogP contribution in [0.4, 0.5) is 19.0 Å². The second kappa shape index (κ2) is 8.64. The molecule has 0 unspecified atom stereocenters. The second-order valence-electron chi connectivity index (χ2n) is 6.85. The molecule has 0 bridgehead atoms. The third-order valence-electron chi connectivity index (χ3n) is 4.75. The molecular formula is C19H23F3N4O2. The van der Waals surface area contributed by atoms with E-state index >= 15 is 0 Å². The van der Waals surface area contributed by atoms with Gasteiger partial charge in [-0.1, -0.05) is 0 Å². The Labute approximate surface area is 161 Å². The number of rotatable bonds is 5. The van der Waals surface area contributed by atoms with Gasteiger partial charge in [-0.25, -0.2) is 4.98 Å². The van der Waals surface area contributed by atoms with E-state index < -0.39 is 11.7 Å². The van der Waals surface area contributed by atoms with Crippen molar-refractivity contribution in [3.05, 3.63) is 48.0 Å². The molecule has 2 aromatic heterocycles. The second-order valence-corrected chi connectivity index (χ2v) is 6.85. The van der Waals surface area contributed by atoms with E-state index in [1.165, 1.54) is 6.07 Å². The molecule has 0 aliphatic carbocycles. The van der Waals surface area contributed by atoms with E-state index in [0.717, 1.165) is 31.0 Å². The van der Waals surface area contributed by atoms with Gasteiger partial charge >= 0.3 is 6.18 Å². The fourth-order valence-electron chi connectivity index (χ4n) is 3.14. The number of alkyl halides is 3. The summed E-state index contributed by atoms with van der Waals surface area (Å²) in [4.78, 5) is 22.1. The van der Waals surface area contributed by atoms with Gasteiger partial charge < -0.3 is 14.2 Å². The maximum atomic E-state index is 12.7. The third kappa shape index (κ3) is 5.25. The first kappa shape index (κ1) is 20.2. The van der Waals surface area contributed by atoms with Crippen LogP contribution in [-0.4, -0.2) is 60.5 Å². The first-order chi connectivity index (χ1) is 13.3. The van der Waals surface area contributed by atoms with Crippen molar-refractivity contribution in [3.8, 4) is 0 Å². The van der Waals surface area contributed by atoms with Crippen molar-refractivity contribution in [1.29, 1.82) is 0 Å². The number of carbonyl (C=O) groups is 1. The van der Waals surface area contributed by atoms with Crippen LogP contribution in [0, 0.1) is 0 Å². The van der Waals surface area contributed by atoms with Gasteiger partial charge in [0, 0.05) is 39.4 Å². The Bertz CT molecular complexity index is 762. The largest absolute Gasteiger partial charge is 0.467 e. The molecule has 1 fully saturated rings. The van der Waals surface area contributed by atoms with Crippen LogP contribution < -0.4 is 4.90 Å². The van der Waals surface area contributed by atoms with Crippen LogP contribution >= 0.6 is 0 Å². The molecule has 0 spiro atoms. The summed E-state index contributed by atoms with van der Waals surface area (Å²) in [6.45, 7) is 3.39. The number of amides is 1. The van der Waals surface area contributed by atoms with Gasteiger partial charge in [-0.2, -0.15) is 13.2 Å². The maximum Gasteiger partial charge on any atom is 0.417 e. The van der Waals surface area contributed by atoms with Crippen molar-refractivity contribution in [3.63, 3.8) is 0 Å². The SMILES string of the molecule is CN(Cc1ccco1)C(=O)CN1CCCN(c2ccc(C(F)(F)F)cn2)CC1. The van der Waals surface area contributed by atoms with Crippen molar-refractivity contribution in [2.24, 2.45) is 0 Å². The summed E-state index contributed by atoms with van der Waals surface area (Å²) >= 11 is 0. The van der Waals surface area contributed by atoms with Gasteiger partial charge in [0.2, 0.25) is 5.91 Å². The molecule has 1 aliphatic rings. The Balaban J connectivity index is 1.52. The summed E-state index contributed by atoms with van der Waals surface area (Å²) in [7, 11) is 1.74. The Morgan fingerprint density at radius 2 is 2.04 bits per heavy atom. The molecule has 152 valence electrons. The topological polar surface area (TPSA) is 52.8 Å². The quantitative estimate of drug-likeness (QED) is 0.778. The molecule has 3 heterocycles. The number of hydrogen-bond donors (Lipinski definition) is 0. The minimum Gasteiger partial charge on any atom is -0.467 e. The molecule has 6 nitrogen and oxygen atoms in total. The average Bonchev–Trinajstić information content (AvgIpc) is 3.05. The molecular weight excluding hydrogens is 373 g/mol. The lowest BCUT2D eigenvalue weighted by Gasteiger charge is -2.24. The predicted molar refractivity (Wildman–Crippen MR) is 97.7 cm³/mol. The lowest BCUT2D eigenvalue weighted by molar-refractivity contribution is -0.137. The van der Waals surface area contributed by atoms with Crippen LogP contribution in [-0.2, 0) is 17.5 Å². The molecule has 3 rings (SSSR count). The molecule has 28 heavy (non-hydrogen) atoms. The van der Waals surface area contributed by atoms with Crippen molar-refractivity contribution >= 4 is 11.7 Å². The van der Waals surface area contributed by atoms with Crippen LogP contribution in [0.25, 0.3) is 0 Å². The third-order valence-corrected chi connectivity index (χ3v) is 4.75. The van der Waals surface area contributed by atoms with E-state index in [1.54, 1.807) is 24.3 Å². The Morgan fingerprint density at radius 3 is 2.68 bits per heavy atom. The summed E-state index contributed by atoms with van der Waals surface area (Å²) in [5, 5.41) is 0. The zero-order valence-corrected chi connectivity index (χ0v) is 15.7. The lowest BCUT2D eigenvalue weighted by atomic mass is 10.2. The number of hydrogen-bond acceptors (Lipinski definition) is 5. The fraction of sp³-hybridized carbons (Fsp3) is 0.474. The van der Waals surface area contributed by atoms with Crippen LogP contribution in [0.3, 0.4) is 0 Å². The minimum absolute atomic E-state index is 0.00231. The standard InChI is InChI=1S/C19H23F3N4O2/c1-24(13-16-4-2-11-28-16)18(27)14-25-7-3-8-26(10-9-25)17-6-5-15(12-23-17)19(20,21)22/h2,4-6,11-12H,3,7-10,13-14H2,1H3. The van der Waals surface area contributed by atoms with Crippen molar-refractivity contribution in [1.82, 2.24) is 14.8 Å². The molecule has 0 saturated carbocycles. The molecule has 2 aromatic rings. The van der Waals surface area contributed by atoms with Crippen molar-refractivity contribution < 1.29 is 22.4 Å². The Hall–Kier alpha value is -2.55. The fourth-order valence-corrected chi connectivity index (χ4v) is 3.14. The van der Waals surface area contributed by atoms with Gasteiger partial charge in [0.1, 0.15) is 11.6 Å². The van der Waals surface area contributed by atoms with E-state index in [-0.39, 0.29) is 5.91 Å². The highest BCUT2D eigenvalue weighted by Gasteiger charge is 2.31. The van der Waals surface area contributed by atoms with Crippen LogP contribution in [0.1, 0.15) is 17.7 Å². The van der Waals surface area contributed by atoms with Gasteiger partial charge in [-0.3, -0.25) is 9.69 Å². The number of likely N-dealkylation sites (N-methyl/N-ethyl adjacent to an activating group) is 1. The number of carbonyl (C=O) groups excluding carboxylic acids is 1. The Kier molecular flexibility index (Phi) is 6.23. The molecule has 0 aromatic carbocycles. The van der Waals surface area contributed by atoms with Gasteiger partial charge in [0.15, 0.2) is 0 Å². The minimum atomic E-state index is -4.39. The number of halogens is 3. The van der Waals surface area contributed by atoms with E-state index in [1.807, 2.05) is 11.0 Å². The Morgan fingerprint density at radius 1 is 1.21 bits per heavy atom. The summed E-state index contributed by atoms with van der Waals surface area (Å²) in [5.41, 5.74) is -0.752. The maximum absolute atomic E-state index is 12.7. The van der Waals surface area contributed by atoms with Crippen LogP contribution in [0.15, 0.2) is 41.1 Å². The first-order valence-corrected chi connectivity index (χ1v) is 9.10. The molecule has 1 aliphatic heterocycles. The van der Waals surface area contributed by atoms with Gasteiger partial charge in [-0.05, 0) is 30.7 Å². The summed E-state index contributed by atoms with van der Waals surface area (Å²) in [6.07, 6.45) is -1.14. The number of aromatic nitrogens is 1. The zero-order chi connectivity index (χ0) is 20.1. The number of furan rings is 1. The van der Waals surface area contributed by atoms with E-state index in [9.17, 15) is 18.0 Å². The summed E-state index contributed by atoms with van der Waals surface area (Å²) < 4.78 is 43.3. The molecule has 9 heteroatoms. The lowest BCUT2D eigenvalue weighted by Crippen LogP contribution is -2.40. The normalized spacial score (nSPS) is 16.1. The molecule has 1 amide bonds. The summed E-state index contributed by atoms with van der Waals surface area (Å²) in [6, 6.07) is 6.07. The molecule has 0 atom stereocenters. The molecule has 0 N–H and O–H groups in total. The highest BCUT2D eigenvalue weighted by Crippen LogP contribution is 2.29. The predicted octanol–water partition coefficient (Wildman–Crippen LogP) is 2.86.